The topological polar surface area (TPSA) is 531 Å². The average molecular weight is 1750 g/mol. The third kappa shape index (κ3) is 10.7. The molecule has 30 rings (SSSR count). The van der Waals surface area contributed by atoms with Gasteiger partial charge in [0.2, 0.25) is 28.8 Å². The molecule has 0 N–H and O–H groups in total. The Balaban J connectivity index is 0.0000000996. The normalized spacial score (nSPS) is 12.2. The molecule has 0 aliphatic heterocycles. The van der Waals surface area contributed by atoms with Crippen LogP contribution < -0.4 is 0 Å². The van der Waals surface area contributed by atoms with Gasteiger partial charge in [-0.15, -0.1) is 11.3 Å². The average Bonchev–Trinajstić information content (AvgIpc) is 1.59. The summed E-state index contributed by atoms with van der Waals surface area (Å²) in [6.07, 6.45) is 49.1. The van der Waals surface area contributed by atoms with E-state index in [1.54, 1.807) is 141 Å². The van der Waals surface area contributed by atoms with Gasteiger partial charge in [-0.1, -0.05) is 22.7 Å². The first-order valence-electron chi connectivity index (χ1n) is 38.9. The fourth-order valence-corrected chi connectivity index (χ4v) is 19.0. The minimum absolute atomic E-state index is 0.318. The molecule has 0 fully saturated rings. The van der Waals surface area contributed by atoms with Gasteiger partial charge in [0.05, 0.1) is 110 Å². The van der Waals surface area contributed by atoms with Crippen molar-refractivity contribution in [1.82, 2.24) is 193 Å². The van der Waals surface area contributed by atoms with Gasteiger partial charge in [-0.25, -0.2) is 164 Å². The van der Waals surface area contributed by atoms with Crippen molar-refractivity contribution >= 4 is 251 Å². The number of pyridine rings is 4. The summed E-state index contributed by atoms with van der Waals surface area (Å²) >= 11 is 4.40. The molecule has 0 aliphatic rings. The standard InChI is InChI=1S/C33H13N17OS.C26H10N10O2S.C25H10N12OS/c1-2-37-24-21-18(8-36-10-42-21)51-26(24)14(1)17-7-40-32-25(47-17)22-19(52-32)9-41-33(48-22)50-30-20(23-31(50)39-4-3-38-23)29(45-13-46-30)49-27-15(5-34-11-43-27)16-6-35-12-44-28(16)49;1-11-18(8-30-16(1)14-3-27-7-19-20(14)15-4-29-9-33-23(15)38-19)37-24-21(11)35-17(6-32-24)22-31-5-13-12-2-28-10-34-25(12)39-26(13)36-22;1-2-29-20-18(28-1)19-21(37(20)11-3-12-13-5-26-9-33-23(13)38-22(12)31-4-11)30-7-15(36-19)16-8-32-25-17(35-16)14-6-27-10-34-24(14)39-25/h1-13H;2*1-10H. The highest BCUT2D eigenvalue weighted by Crippen LogP contribution is 2.43. The number of hydrogen-bond acceptors (Lipinski definition) is 43. The fraction of sp³-hybridized carbons (Fsp3) is 0. The Hall–Kier alpha value is -18.9. The van der Waals surface area contributed by atoms with Gasteiger partial charge in [-0.3, -0.25) is 29.1 Å². The molecule has 0 bridgehead atoms. The number of thiophene rings is 3. The monoisotopic (exact) mass is 1750 g/mol. The number of aromatic nitrogens is 39. The maximum Gasteiger partial charge on any atom is 0.246 e. The molecule has 0 aromatic carbocycles. The van der Waals surface area contributed by atoms with E-state index < -0.39 is 0 Å². The Labute approximate surface area is 725 Å². The van der Waals surface area contributed by atoms with E-state index in [1.165, 1.54) is 84.6 Å². The van der Waals surface area contributed by atoms with Gasteiger partial charge < -0.3 is 17.7 Å². The van der Waals surface area contributed by atoms with Gasteiger partial charge in [-0.2, -0.15) is 0 Å². The molecular formula is C84H33N39O4S3. The van der Waals surface area contributed by atoms with E-state index in [2.05, 4.69) is 115 Å². The molecule has 30 aromatic rings. The molecule has 606 valence electrons. The lowest BCUT2D eigenvalue weighted by molar-refractivity contribution is 0.639. The Morgan fingerprint density at radius 3 is 1.73 bits per heavy atom. The Kier molecular flexibility index (Phi) is 14.8. The predicted molar refractivity (Wildman–Crippen MR) is 472 cm³/mol. The van der Waals surface area contributed by atoms with E-state index in [1.807, 2.05) is 27.3 Å². The molecule has 0 unspecified atom stereocenters. The molecule has 0 atom stereocenters. The number of hydrogen-bond donors (Lipinski definition) is 0. The smallest absolute Gasteiger partial charge is 0.246 e. The van der Waals surface area contributed by atoms with E-state index in [-0.39, 0.29) is 0 Å². The quantitative estimate of drug-likeness (QED) is 0.143. The van der Waals surface area contributed by atoms with E-state index in [0.29, 0.717) is 185 Å². The maximum absolute atomic E-state index is 6.13. The number of fused-ring (bicyclic) bond motifs is 30. The van der Waals surface area contributed by atoms with Crippen LogP contribution in [0.2, 0.25) is 0 Å². The maximum atomic E-state index is 6.13. The molecule has 0 amide bonds. The summed E-state index contributed by atoms with van der Waals surface area (Å²) in [4.78, 5) is 167. The molecule has 30 heterocycles. The lowest BCUT2D eigenvalue weighted by Crippen LogP contribution is -2.04. The molecule has 30 aromatic heterocycles. The Bertz CT molecular complexity index is 10100. The zero-order chi connectivity index (χ0) is 84.9. The third-order valence-electron chi connectivity index (χ3n) is 21.9. The van der Waals surface area contributed by atoms with Crippen molar-refractivity contribution in [3.8, 4) is 62.9 Å². The fourth-order valence-electron chi connectivity index (χ4n) is 16.3. The van der Waals surface area contributed by atoms with Crippen LogP contribution in [-0.4, -0.2) is 193 Å². The van der Waals surface area contributed by atoms with Gasteiger partial charge in [-0.05, 0) is 18.2 Å². The van der Waals surface area contributed by atoms with Crippen LogP contribution in [-0.2, 0) is 0 Å². The summed E-state index contributed by atoms with van der Waals surface area (Å²) in [6.45, 7) is 0. The van der Waals surface area contributed by atoms with E-state index in [9.17, 15) is 0 Å². The summed E-state index contributed by atoms with van der Waals surface area (Å²) in [5.41, 5.74) is 18.1. The van der Waals surface area contributed by atoms with E-state index in [4.69, 9.17) is 82.5 Å². The van der Waals surface area contributed by atoms with Gasteiger partial charge in [0, 0.05) is 119 Å². The van der Waals surface area contributed by atoms with Crippen LogP contribution in [0.5, 0.6) is 0 Å². The molecule has 43 nitrogen and oxygen atoms in total. The lowest BCUT2D eigenvalue weighted by atomic mass is 10.1. The van der Waals surface area contributed by atoms with Crippen molar-refractivity contribution in [2.75, 3.05) is 0 Å². The second kappa shape index (κ2) is 27.3. The van der Waals surface area contributed by atoms with Crippen LogP contribution in [0.4, 0.5) is 0 Å². The summed E-state index contributed by atoms with van der Waals surface area (Å²) < 4.78 is 30.0. The Morgan fingerprint density at radius 1 is 0.246 bits per heavy atom. The minimum Gasteiger partial charge on any atom is -0.450 e. The van der Waals surface area contributed by atoms with Crippen LogP contribution in [0, 0.1) is 0 Å². The van der Waals surface area contributed by atoms with E-state index in [0.717, 1.165) is 94.7 Å². The van der Waals surface area contributed by atoms with Crippen molar-refractivity contribution in [2.45, 2.75) is 0 Å². The van der Waals surface area contributed by atoms with Crippen LogP contribution in [0.3, 0.4) is 0 Å². The largest absolute Gasteiger partial charge is 0.450 e. The molecule has 0 radical (unpaired) electrons. The number of rotatable bonds is 7. The van der Waals surface area contributed by atoms with Crippen LogP contribution >= 0.6 is 34.0 Å². The number of furan rings is 4. The van der Waals surface area contributed by atoms with Crippen LogP contribution in [0.25, 0.3) is 280 Å². The van der Waals surface area contributed by atoms with Crippen molar-refractivity contribution in [3.63, 3.8) is 0 Å². The summed E-state index contributed by atoms with van der Waals surface area (Å²) in [5, 5.41) is 8.76. The minimum atomic E-state index is 0.318. The van der Waals surface area contributed by atoms with Crippen LogP contribution in [0.1, 0.15) is 0 Å². The highest BCUT2D eigenvalue weighted by atomic mass is 32.1. The third-order valence-corrected chi connectivity index (χ3v) is 24.9. The first-order chi connectivity index (χ1) is 64.4. The molecule has 0 spiro atoms. The second-order valence-electron chi connectivity index (χ2n) is 29.0. The van der Waals surface area contributed by atoms with Crippen molar-refractivity contribution in [2.24, 2.45) is 0 Å². The molecule has 0 saturated carbocycles. The molecule has 46 heteroatoms. The summed E-state index contributed by atoms with van der Waals surface area (Å²) in [7, 11) is 0. The first-order valence-corrected chi connectivity index (χ1v) is 41.3. The molecule has 130 heavy (non-hydrogen) atoms. The van der Waals surface area contributed by atoms with Gasteiger partial charge in [0.1, 0.15) is 142 Å². The predicted octanol–water partition coefficient (Wildman–Crippen LogP) is 13.9. The zero-order valence-corrected chi connectivity index (χ0v) is 67.3. The van der Waals surface area contributed by atoms with Gasteiger partial charge in [0.25, 0.3) is 0 Å². The molecular weight excluding hydrogens is 1720 g/mol. The second-order valence-corrected chi connectivity index (χ2v) is 31.9. The van der Waals surface area contributed by atoms with Crippen LogP contribution in [0.15, 0.2) is 223 Å². The molecule has 0 saturated heterocycles. The SMILES string of the molecule is c1ncc2c(n1)oc1cncc(-c3cc4c(cn3)oc3ncc(-c5ncc6c(n5)sc5ncncc56)nc34)c12.c1ncc2c(n1)oc1ncc(-n3c4nccnc4c4nc(-c5cnc6sc7ncncc7c6n5)cnc43)cc12.c1ncc2oc3c(-c4cnc5sc6cnc(-n7c8nccnc8c8c(-n9c%10ncncc%10c%10cncnc%109)ncnc87)nc6c5n4)ccnc3c2n1. The van der Waals surface area contributed by atoms with Crippen molar-refractivity contribution < 1.29 is 17.7 Å². The number of nitrogens with zero attached hydrogens (tertiary/aromatic N) is 39. The lowest BCUT2D eigenvalue weighted by Gasteiger charge is -2.07. The summed E-state index contributed by atoms with van der Waals surface area (Å²) in [5.74, 6) is 1.28. The highest BCUT2D eigenvalue weighted by Gasteiger charge is 2.29. The van der Waals surface area contributed by atoms with Gasteiger partial charge >= 0.3 is 0 Å². The summed E-state index contributed by atoms with van der Waals surface area (Å²) in [6, 6.07) is 5.70. The molecule has 0 aliphatic carbocycles. The van der Waals surface area contributed by atoms with Crippen molar-refractivity contribution in [1.29, 1.82) is 0 Å². The van der Waals surface area contributed by atoms with E-state index >= 15 is 0 Å². The Morgan fingerprint density at radius 2 is 0.877 bits per heavy atom. The van der Waals surface area contributed by atoms with Crippen molar-refractivity contribution in [3.05, 3.63) is 205 Å². The van der Waals surface area contributed by atoms with Gasteiger partial charge in [0.15, 0.2) is 67.9 Å². The zero-order valence-electron chi connectivity index (χ0n) is 64.9. The first kappa shape index (κ1) is 70.7. The highest BCUT2D eigenvalue weighted by molar-refractivity contribution is 7.25.